The maximum absolute atomic E-state index is 11.4. The summed E-state index contributed by atoms with van der Waals surface area (Å²) in [7, 11) is 3.43. The van der Waals surface area contributed by atoms with Gasteiger partial charge in [-0.05, 0) is 12.5 Å². The van der Waals surface area contributed by atoms with Crippen LogP contribution in [-0.2, 0) is 4.79 Å². The average molecular weight is 279 g/mol. The first-order valence-electron chi connectivity index (χ1n) is 6.33. The maximum Gasteiger partial charge on any atom is 0.231 e. The summed E-state index contributed by atoms with van der Waals surface area (Å²) in [5.41, 5.74) is 0.410. The third kappa shape index (κ3) is 3.20. The summed E-state index contributed by atoms with van der Waals surface area (Å²) in [5.74, 6) is 1.61. The molecule has 1 aliphatic heterocycles. The number of carbonyl (C=O) groups is 2. The van der Waals surface area contributed by atoms with Gasteiger partial charge in [0.2, 0.25) is 12.7 Å². The maximum atomic E-state index is 11.4. The van der Waals surface area contributed by atoms with Crippen LogP contribution in [0.1, 0.15) is 23.2 Å². The zero-order valence-corrected chi connectivity index (χ0v) is 11.5. The number of hydrogen-bond donors (Lipinski definition) is 0. The molecule has 0 fully saturated rings. The lowest BCUT2D eigenvalue weighted by Gasteiger charge is -2.11. The Morgan fingerprint density at radius 2 is 2.05 bits per heavy atom. The fraction of sp³-hybridized carbons (Fsp3) is 0.429. The van der Waals surface area contributed by atoms with Crippen molar-refractivity contribution in [1.82, 2.24) is 4.90 Å². The van der Waals surface area contributed by atoms with E-state index in [1.807, 2.05) is 0 Å². The van der Waals surface area contributed by atoms with Crippen LogP contribution in [0, 0.1) is 0 Å². The Kier molecular flexibility index (Phi) is 4.45. The summed E-state index contributed by atoms with van der Waals surface area (Å²) in [4.78, 5) is 24.0. The lowest BCUT2D eigenvalue weighted by molar-refractivity contribution is -0.128. The van der Waals surface area contributed by atoms with Gasteiger partial charge in [0.05, 0.1) is 12.2 Å². The van der Waals surface area contributed by atoms with E-state index in [0.717, 1.165) is 0 Å². The van der Waals surface area contributed by atoms with E-state index in [1.54, 1.807) is 26.2 Å². The number of aldehydes is 1. The standard InChI is InChI=1S/C14H17NO5/c1-15(2)14(17)4-3-5-18-11-7-13-12(19-9-20-13)6-10(11)8-16/h6-8H,3-5,9H2,1-2H3. The fourth-order valence-corrected chi connectivity index (χ4v) is 1.79. The van der Waals surface area contributed by atoms with Gasteiger partial charge in [-0.1, -0.05) is 0 Å². The van der Waals surface area contributed by atoms with Crippen molar-refractivity contribution in [3.63, 3.8) is 0 Å². The summed E-state index contributed by atoms with van der Waals surface area (Å²) in [6.07, 6.45) is 1.71. The van der Waals surface area contributed by atoms with Crippen molar-refractivity contribution < 1.29 is 23.8 Å². The van der Waals surface area contributed by atoms with Crippen LogP contribution < -0.4 is 14.2 Å². The number of fused-ring (bicyclic) bond motifs is 1. The first kappa shape index (κ1) is 14.2. The van der Waals surface area contributed by atoms with Crippen LogP contribution in [0.25, 0.3) is 0 Å². The van der Waals surface area contributed by atoms with Gasteiger partial charge in [-0.15, -0.1) is 0 Å². The molecule has 108 valence electrons. The molecule has 0 aliphatic carbocycles. The first-order valence-corrected chi connectivity index (χ1v) is 6.33. The zero-order valence-electron chi connectivity index (χ0n) is 11.5. The molecule has 0 atom stereocenters. The number of nitrogens with zero attached hydrogens (tertiary/aromatic N) is 1. The molecule has 1 amide bonds. The van der Waals surface area contributed by atoms with Gasteiger partial charge < -0.3 is 19.1 Å². The van der Waals surface area contributed by atoms with Crippen molar-refractivity contribution in [2.75, 3.05) is 27.5 Å². The molecule has 0 N–H and O–H groups in total. The van der Waals surface area contributed by atoms with Crippen molar-refractivity contribution in [2.45, 2.75) is 12.8 Å². The van der Waals surface area contributed by atoms with E-state index in [-0.39, 0.29) is 12.7 Å². The minimum atomic E-state index is 0.0508. The monoisotopic (exact) mass is 279 g/mol. The van der Waals surface area contributed by atoms with Crippen LogP contribution in [0.5, 0.6) is 17.2 Å². The molecule has 0 saturated heterocycles. The van der Waals surface area contributed by atoms with E-state index in [9.17, 15) is 9.59 Å². The zero-order chi connectivity index (χ0) is 14.5. The Hall–Kier alpha value is -2.24. The third-order valence-corrected chi connectivity index (χ3v) is 2.92. The second-order valence-corrected chi connectivity index (χ2v) is 4.60. The van der Waals surface area contributed by atoms with Crippen molar-refractivity contribution in [2.24, 2.45) is 0 Å². The SMILES string of the molecule is CN(C)C(=O)CCCOc1cc2c(cc1C=O)OCO2. The number of ether oxygens (including phenoxy) is 3. The minimum Gasteiger partial charge on any atom is -0.493 e. The van der Waals surface area contributed by atoms with Gasteiger partial charge in [0, 0.05) is 26.6 Å². The molecule has 0 unspecified atom stereocenters. The molecule has 1 aromatic carbocycles. The molecule has 1 heterocycles. The predicted octanol–water partition coefficient (Wildman–Crippen LogP) is 1.47. The van der Waals surface area contributed by atoms with E-state index in [0.29, 0.717) is 48.5 Å². The van der Waals surface area contributed by atoms with Gasteiger partial charge in [0.1, 0.15) is 5.75 Å². The minimum absolute atomic E-state index is 0.0508. The van der Waals surface area contributed by atoms with Crippen molar-refractivity contribution in [3.8, 4) is 17.2 Å². The van der Waals surface area contributed by atoms with Gasteiger partial charge >= 0.3 is 0 Å². The number of amides is 1. The molecule has 0 bridgehead atoms. The highest BCUT2D eigenvalue weighted by atomic mass is 16.7. The molecule has 1 aromatic rings. The van der Waals surface area contributed by atoms with Crippen LogP contribution >= 0.6 is 0 Å². The Bertz CT molecular complexity index is 513. The smallest absolute Gasteiger partial charge is 0.231 e. The number of hydrogen-bond acceptors (Lipinski definition) is 5. The van der Waals surface area contributed by atoms with E-state index in [4.69, 9.17) is 14.2 Å². The molecule has 0 saturated carbocycles. The predicted molar refractivity (Wildman–Crippen MR) is 71.4 cm³/mol. The molecule has 0 spiro atoms. The van der Waals surface area contributed by atoms with E-state index < -0.39 is 0 Å². The van der Waals surface area contributed by atoms with Crippen LogP contribution in [0.2, 0.25) is 0 Å². The summed E-state index contributed by atoms with van der Waals surface area (Å²) in [5, 5.41) is 0. The topological polar surface area (TPSA) is 65.1 Å². The summed E-state index contributed by atoms with van der Waals surface area (Å²) in [6.45, 7) is 0.508. The van der Waals surface area contributed by atoms with Crippen LogP contribution in [-0.4, -0.2) is 44.6 Å². The molecule has 6 nitrogen and oxygen atoms in total. The number of benzene rings is 1. The highest BCUT2D eigenvalue weighted by Crippen LogP contribution is 2.37. The normalized spacial score (nSPS) is 12.1. The Balaban J connectivity index is 1.92. The van der Waals surface area contributed by atoms with E-state index in [1.165, 1.54) is 4.90 Å². The van der Waals surface area contributed by atoms with Gasteiger partial charge in [0.15, 0.2) is 17.8 Å². The highest BCUT2D eigenvalue weighted by Gasteiger charge is 2.17. The molecule has 0 radical (unpaired) electrons. The van der Waals surface area contributed by atoms with Gasteiger partial charge in [-0.2, -0.15) is 0 Å². The third-order valence-electron chi connectivity index (χ3n) is 2.92. The molecular formula is C14H17NO5. The van der Waals surface area contributed by atoms with Gasteiger partial charge in [0.25, 0.3) is 0 Å². The quantitative estimate of drug-likeness (QED) is 0.583. The van der Waals surface area contributed by atoms with Gasteiger partial charge in [-0.3, -0.25) is 9.59 Å². The number of rotatable bonds is 6. The fourth-order valence-electron chi connectivity index (χ4n) is 1.79. The molecule has 1 aliphatic rings. The number of carbonyl (C=O) groups excluding carboxylic acids is 2. The van der Waals surface area contributed by atoms with E-state index >= 15 is 0 Å². The van der Waals surface area contributed by atoms with Crippen LogP contribution in [0.3, 0.4) is 0 Å². The largest absolute Gasteiger partial charge is 0.493 e. The second kappa shape index (κ2) is 6.27. The molecule has 0 aromatic heterocycles. The lowest BCUT2D eigenvalue weighted by Crippen LogP contribution is -2.21. The molecule has 6 heteroatoms. The summed E-state index contributed by atoms with van der Waals surface area (Å²) in [6, 6.07) is 3.23. The molecule has 2 rings (SSSR count). The lowest BCUT2D eigenvalue weighted by atomic mass is 10.2. The Morgan fingerprint density at radius 3 is 2.70 bits per heavy atom. The van der Waals surface area contributed by atoms with Crippen molar-refractivity contribution >= 4 is 12.2 Å². The summed E-state index contributed by atoms with van der Waals surface area (Å²) < 4.78 is 16.0. The first-order chi connectivity index (χ1) is 9.61. The highest BCUT2D eigenvalue weighted by molar-refractivity contribution is 5.81. The van der Waals surface area contributed by atoms with Gasteiger partial charge in [-0.25, -0.2) is 0 Å². The molecule has 20 heavy (non-hydrogen) atoms. The summed E-state index contributed by atoms with van der Waals surface area (Å²) >= 11 is 0. The van der Waals surface area contributed by atoms with E-state index in [2.05, 4.69) is 0 Å². The average Bonchev–Trinajstić information content (AvgIpc) is 2.89. The van der Waals surface area contributed by atoms with Crippen LogP contribution in [0.4, 0.5) is 0 Å². The van der Waals surface area contributed by atoms with Crippen molar-refractivity contribution in [1.29, 1.82) is 0 Å². The molecular weight excluding hydrogens is 262 g/mol. The Labute approximate surface area is 117 Å². The van der Waals surface area contributed by atoms with Crippen LogP contribution in [0.15, 0.2) is 12.1 Å². The second-order valence-electron chi connectivity index (χ2n) is 4.60. The van der Waals surface area contributed by atoms with Crippen molar-refractivity contribution in [3.05, 3.63) is 17.7 Å². The Morgan fingerprint density at radius 1 is 1.35 bits per heavy atom.